The summed E-state index contributed by atoms with van der Waals surface area (Å²) in [5, 5.41) is 7.80. The summed E-state index contributed by atoms with van der Waals surface area (Å²) >= 11 is 0. The molecule has 0 amide bonds. The maximum absolute atomic E-state index is 11.4. The Kier molecular flexibility index (Phi) is 10.8. The summed E-state index contributed by atoms with van der Waals surface area (Å²) in [4.78, 5) is 22.7. The van der Waals surface area contributed by atoms with E-state index in [9.17, 15) is 4.79 Å². The first-order valence-electron chi connectivity index (χ1n) is 12.8. The molecule has 1 aromatic heterocycles. The largest absolute Gasteiger partial charge is 0.382 e. The molecular weight excluding hydrogens is 448 g/mol. The Labute approximate surface area is 215 Å². The molecule has 0 saturated heterocycles. The molecule has 0 saturated carbocycles. The quantitative estimate of drug-likeness (QED) is 0.165. The number of nitrogens with zero attached hydrogens (tertiary/aromatic N) is 3. The van der Waals surface area contributed by atoms with E-state index in [1.54, 1.807) is 6.08 Å². The van der Waals surface area contributed by atoms with Gasteiger partial charge < -0.3 is 15.0 Å². The van der Waals surface area contributed by atoms with Gasteiger partial charge in [-0.15, -0.1) is 0 Å². The number of hydrogen-bond acceptors (Lipinski definition) is 6. The van der Waals surface area contributed by atoms with E-state index in [4.69, 9.17) is 15.1 Å². The number of fused-ring (bicyclic) bond motifs is 1. The highest BCUT2D eigenvalue weighted by atomic mass is 16.5. The first-order chi connectivity index (χ1) is 17.5. The summed E-state index contributed by atoms with van der Waals surface area (Å²) < 4.78 is 5.59. The maximum Gasteiger partial charge on any atom is 0.145 e. The van der Waals surface area contributed by atoms with Gasteiger partial charge in [0.05, 0.1) is 12.0 Å². The monoisotopic (exact) mass is 486 g/mol. The molecule has 0 bridgehead atoms. The van der Waals surface area contributed by atoms with Crippen LogP contribution in [0.15, 0.2) is 76.2 Å². The predicted octanol–water partition coefficient (Wildman–Crippen LogP) is 6.22. The average Bonchev–Trinajstić information content (AvgIpc) is 2.88. The molecule has 0 spiro atoms. The molecule has 2 heterocycles. The van der Waals surface area contributed by atoms with Crippen LogP contribution >= 0.6 is 0 Å². The number of aryl methyl sites for hydroxylation is 1. The summed E-state index contributed by atoms with van der Waals surface area (Å²) in [5.74, 6) is 0.148. The van der Waals surface area contributed by atoms with Gasteiger partial charge in [0.25, 0.3) is 0 Å². The summed E-state index contributed by atoms with van der Waals surface area (Å²) in [7, 11) is 0. The predicted molar refractivity (Wildman–Crippen MR) is 148 cm³/mol. The van der Waals surface area contributed by atoms with Crippen LogP contribution in [0.2, 0.25) is 0 Å². The lowest BCUT2D eigenvalue weighted by molar-refractivity contribution is -0.104. The number of carbonyl (C=O) groups excluding carboxylic acids is 1. The van der Waals surface area contributed by atoms with Crippen molar-refractivity contribution < 1.29 is 9.53 Å². The molecule has 3 rings (SSSR count). The standard InChI is InChI=1S/C30H38N4O2/c1-4-36-18-15-24(3)34-21-27(28-7-5-6-8-29(28)30(14-17-35)33-22-34)19-25(13-16-31)11-12-26-10-9-23(2)32-20-26/h7-12,14,16-17,20-22,24-25,31H,4-6,13,15,18-19H2,1-3H3/b12-11+,27-21-,30-14-,31-16?,33-22?. The van der Waals surface area contributed by atoms with E-state index in [1.165, 1.54) is 11.8 Å². The molecular formula is C30H38N4O2. The highest BCUT2D eigenvalue weighted by molar-refractivity contribution is 5.74. The Morgan fingerprint density at radius 3 is 2.72 bits per heavy atom. The van der Waals surface area contributed by atoms with Gasteiger partial charge in [-0.3, -0.25) is 9.78 Å². The van der Waals surface area contributed by atoms with Crippen LogP contribution < -0.4 is 0 Å². The van der Waals surface area contributed by atoms with Crippen LogP contribution in [0.25, 0.3) is 6.08 Å². The Morgan fingerprint density at radius 2 is 2.03 bits per heavy atom. The zero-order valence-electron chi connectivity index (χ0n) is 21.7. The van der Waals surface area contributed by atoms with Gasteiger partial charge >= 0.3 is 0 Å². The number of carbonyl (C=O) groups is 1. The van der Waals surface area contributed by atoms with E-state index < -0.39 is 0 Å². The molecule has 0 aromatic carbocycles. The lowest BCUT2D eigenvalue weighted by atomic mass is 9.84. The molecule has 1 aliphatic heterocycles. The van der Waals surface area contributed by atoms with Crippen molar-refractivity contribution in [3.05, 3.63) is 82.5 Å². The molecule has 1 N–H and O–H groups in total. The highest BCUT2D eigenvalue weighted by Gasteiger charge is 2.23. The summed E-state index contributed by atoms with van der Waals surface area (Å²) in [5.41, 5.74) is 6.06. The molecule has 36 heavy (non-hydrogen) atoms. The van der Waals surface area contributed by atoms with E-state index in [2.05, 4.69) is 53.4 Å². The number of ether oxygens (including phenoxy) is 1. The van der Waals surface area contributed by atoms with Gasteiger partial charge in [0.1, 0.15) is 6.29 Å². The zero-order valence-corrected chi connectivity index (χ0v) is 21.7. The van der Waals surface area contributed by atoms with Crippen LogP contribution in [0, 0.1) is 18.3 Å². The number of allylic oxidation sites excluding steroid dienone is 6. The van der Waals surface area contributed by atoms with Crippen LogP contribution in [0.3, 0.4) is 0 Å². The second kappa shape index (κ2) is 14.2. The minimum absolute atomic E-state index is 0.148. The second-order valence-corrected chi connectivity index (χ2v) is 9.18. The van der Waals surface area contributed by atoms with Crippen molar-refractivity contribution >= 4 is 24.9 Å². The highest BCUT2D eigenvalue weighted by Crippen LogP contribution is 2.36. The van der Waals surface area contributed by atoms with Crippen molar-refractivity contribution in [1.29, 1.82) is 5.41 Å². The molecule has 0 radical (unpaired) electrons. The molecule has 6 heteroatoms. The maximum atomic E-state index is 11.4. The number of pyridine rings is 1. The zero-order chi connectivity index (χ0) is 25.8. The Morgan fingerprint density at radius 1 is 1.22 bits per heavy atom. The summed E-state index contributed by atoms with van der Waals surface area (Å²) in [6, 6.07) is 4.25. The van der Waals surface area contributed by atoms with Crippen LogP contribution in [0.5, 0.6) is 0 Å². The van der Waals surface area contributed by atoms with Crippen molar-refractivity contribution in [2.75, 3.05) is 13.2 Å². The summed E-state index contributed by atoms with van der Waals surface area (Å²) in [6.07, 6.45) is 22.6. The number of rotatable bonds is 12. The van der Waals surface area contributed by atoms with E-state index in [1.807, 2.05) is 32.4 Å². The molecule has 2 unspecified atom stereocenters. The smallest absolute Gasteiger partial charge is 0.145 e. The van der Waals surface area contributed by atoms with Gasteiger partial charge in [0, 0.05) is 49.0 Å². The number of aliphatic imine (C=N–C) groups is 1. The fraction of sp³-hybridized carbons (Fsp3) is 0.400. The van der Waals surface area contributed by atoms with Crippen LogP contribution in [0.1, 0.15) is 57.2 Å². The first kappa shape index (κ1) is 27.2. The minimum Gasteiger partial charge on any atom is -0.382 e. The normalized spacial score (nSPS) is 20.0. The van der Waals surface area contributed by atoms with Gasteiger partial charge in [-0.05, 0) is 87.8 Å². The number of aldehydes is 1. The number of aromatic nitrogens is 1. The van der Waals surface area contributed by atoms with Crippen LogP contribution in [-0.4, -0.2) is 48.0 Å². The Balaban J connectivity index is 1.96. The van der Waals surface area contributed by atoms with Crippen LogP contribution in [0.4, 0.5) is 0 Å². The van der Waals surface area contributed by atoms with Gasteiger partial charge in [0.15, 0.2) is 0 Å². The van der Waals surface area contributed by atoms with E-state index in [0.717, 1.165) is 54.4 Å². The summed E-state index contributed by atoms with van der Waals surface area (Å²) in [6.45, 7) is 7.52. The molecule has 6 nitrogen and oxygen atoms in total. The van der Waals surface area contributed by atoms with E-state index in [0.29, 0.717) is 25.3 Å². The van der Waals surface area contributed by atoms with Crippen molar-refractivity contribution in [3.8, 4) is 0 Å². The van der Waals surface area contributed by atoms with Gasteiger partial charge in [-0.2, -0.15) is 0 Å². The number of nitrogens with one attached hydrogen (secondary N) is 1. The van der Waals surface area contributed by atoms with Crippen molar-refractivity contribution in [2.24, 2.45) is 10.9 Å². The third-order valence-electron chi connectivity index (χ3n) is 6.43. The first-order valence-corrected chi connectivity index (χ1v) is 12.8. The number of hydrogen-bond donors (Lipinski definition) is 1. The molecule has 1 aliphatic carbocycles. The molecule has 1 aromatic rings. The molecule has 0 fully saturated rings. The van der Waals surface area contributed by atoms with Crippen molar-refractivity contribution in [2.45, 2.75) is 58.9 Å². The molecule has 190 valence electrons. The Hall–Kier alpha value is -3.38. The van der Waals surface area contributed by atoms with E-state index in [-0.39, 0.29) is 12.0 Å². The van der Waals surface area contributed by atoms with Crippen LogP contribution in [-0.2, 0) is 9.53 Å². The van der Waals surface area contributed by atoms with Gasteiger partial charge in [-0.25, -0.2) is 4.99 Å². The second-order valence-electron chi connectivity index (χ2n) is 9.18. The fourth-order valence-electron chi connectivity index (χ4n) is 4.34. The SMILES string of the molecule is CCOCCC(C)N1C=N/C(=C\C=O)C2=CCCC=C2/C(CC(/C=C/c2ccc(C)nc2)CC=N)=C\1. The third kappa shape index (κ3) is 7.82. The lowest BCUT2D eigenvalue weighted by Crippen LogP contribution is -2.30. The molecule has 2 aliphatic rings. The minimum atomic E-state index is 0.148. The van der Waals surface area contributed by atoms with Crippen molar-refractivity contribution in [1.82, 2.24) is 9.88 Å². The van der Waals surface area contributed by atoms with Gasteiger partial charge in [0.2, 0.25) is 0 Å². The van der Waals surface area contributed by atoms with E-state index >= 15 is 0 Å². The third-order valence-corrected chi connectivity index (χ3v) is 6.43. The van der Waals surface area contributed by atoms with Gasteiger partial charge in [-0.1, -0.05) is 30.4 Å². The van der Waals surface area contributed by atoms with Crippen molar-refractivity contribution in [3.63, 3.8) is 0 Å². The molecule has 2 atom stereocenters. The fourth-order valence-corrected chi connectivity index (χ4v) is 4.34. The Bertz CT molecular complexity index is 1080. The lowest BCUT2D eigenvalue weighted by Gasteiger charge is -2.30. The average molecular weight is 487 g/mol. The topological polar surface area (TPSA) is 78.6 Å².